The van der Waals surface area contributed by atoms with E-state index in [0.717, 1.165) is 12.1 Å². The Kier molecular flexibility index (Phi) is 7.77. The lowest BCUT2D eigenvalue weighted by atomic mass is 10.0. The number of sulfonamides is 1. The van der Waals surface area contributed by atoms with Gasteiger partial charge in [0.1, 0.15) is 18.1 Å². The molecule has 0 saturated heterocycles. The molecule has 0 atom stereocenters. The number of anilines is 1. The molecule has 4 rings (SSSR count). The van der Waals surface area contributed by atoms with E-state index in [-0.39, 0.29) is 40.5 Å². The van der Waals surface area contributed by atoms with Crippen molar-refractivity contribution in [2.24, 2.45) is 4.99 Å². The first-order valence-electron chi connectivity index (χ1n) is 11.3. The molecule has 4 aromatic rings. The highest BCUT2D eigenvalue weighted by Gasteiger charge is 2.34. The number of alkyl halides is 3. The number of aromatic amines is 1. The van der Waals surface area contributed by atoms with Crippen molar-refractivity contribution in [2.45, 2.75) is 37.9 Å². The molecule has 0 spiro atoms. The van der Waals surface area contributed by atoms with E-state index in [4.69, 9.17) is 16.3 Å². The van der Waals surface area contributed by atoms with Crippen LogP contribution in [0.15, 0.2) is 64.9 Å². The molecular weight excluding hydrogens is 543 g/mol. The van der Waals surface area contributed by atoms with E-state index in [0.29, 0.717) is 22.7 Å². The van der Waals surface area contributed by atoms with E-state index >= 15 is 0 Å². The van der Waals surface area contributed by atoms with Crippen molar-refractivity contribution < 1.29 is 26.3 Å². The SMILES string of the molecule is Cc1ccc(S(=O)(=O)Nc2cc(Cl)cnc2/C(=N/COC(C)C)c2ccnc3[nH]ccc23)cc1C(F)(F)F. The van der Waals surface area contributed by atoms with Crippen LogP contribution in [0, 0.1) is 6.92 Å². The third kappa shape index (κ3) is 5.98. The number of aryl methyl sites for hydroxylation is 1. The van der Waals surface area contributed by atoms with E-state index < -0.39 is 26.7 Å². The highest BCUT2D eigenvalue weighted by molar-refractivity contribution is 7.92. The Labute approximate surface area is 222 Å². The standard InChI is InChI=1S/C25H23ClF3N5O3S/c1-14(2)37-13-33-22(18-6-8-30-24-19(18)7-9-31-24)23-21(10-16(26)12-32-23)34-38(35,36)17-5-4-15(3)20(11-17)25(27,28)29/h4-12,14,34H,13H2,1-3H3,(H,30,31)/b33-22+. The van der Waals surface area contributed by atoms with Crippen molar-refractivity contribution in [2.75, 3.05) is 11.5 Å². The zero-order valence-corrected chi connectivity index (χ0v) is 22.0. The largest absolute Gasteiger partial charge is 0.416 e. The minimum atomic E-state index is -4.72. The topological polar surface area (TPSA) is 109 Å². The van der Waals surface area contributed by atoms with Crippen molar-refractivity contribution in [1.82, 2.24) is 15.0 Å². The number of H-pyrrole nitrogens is 1. The number of fused-ring (bicyclic) bond motifs is 1. The highest BCUT2D eigenvalue weighted by Crippen LogP contribution is 2.34. The lowest BCUT2D eigenvalue weighted by Crippen LogP contribution is -2.19. The molecule has 8 nitrogen and oxygen atoms in total. The predicted molar refractivity (Wildman–Crippen MR) is 139 cm³/mol. The number of aliphatic imine (C=N–C) groups is 1. The van der Waals surface area contributed by atoms with Gasteiger partial charge in [0.15, 0.2) is 0 Å². The summed E-state index contributed by atoms with van der Waals surface area (Å²) in [5, 5.41) is 0.792. The number of hydrogen-bond acceptors (Lipinski definition) is 6. The van der Waals surface area contributed by atoms with Crippen molar-refractivity contribution >= 4 is 44.1 Å². The Morgan fingerprint density at radius 3 is 2.66 bits per heavy atom. The monoisotopic (exact) mass is 565 g/mol. The fourth-order valence-electron chi connectivity index (χ4n) is 3.69. The zero-order valence-electron chi connectivity index (χ0n) is 20.5. The van der Waals surface area contributed by atoms with Crippen molar-refractivity contribution in [3.63, 3.8) is 0 Å². The van der Waals surface area contributed by atoms with Crippen molar-refractivity contribution in [3.8, 4) is 0 Å². The van der Waals surface area contributed by atoms with Gasteiger partial charge in [-0.2, -0.15) is 13.2 Å². The molecule has 200 valence electrons. The Balaban J connectivity index is 1.84. The van der Waals surface area contributed by atoms with Crippen LogP contribution in [0.3, 0.4) is 0 Å². The van der Waals surface area contributed by atoms with Gasteiger partial charge in [0.05, 0.1) is 33.0 Å². The quantitative estimate of drug-likeness (QED) is 0.256. The smallest absolute Gasteiger partial charge is 0.357 e. The molecule has 0 unspecified atom stereocenters. The van der Waals surface area contributed by atoms with Crippen molar-refractivity contribution in [1.29, 1.82) is 0 Å². The number of nitrogens with zero attached hydrogens (tertiary/aromatic N) is 3. The summed E-state index contributed by atoms with van der Waals surface area (Å²) < 4.78 is 74.8. The van der Waals surface area contributed by atoms with Crippen LogP contribution in [0.4, 0.5) is 18.9 Å². The summed E-state index contributed by atoms with van der Waals surface area (Å²) in [6.07, 6.45) is -0.297. The van der Waals surface area contributed by atoms with E-state index in [1.54, 1.807) is 24.5 Å². The van der Waals surface area contributed by atoms with Crippen LogP contribution in [-0.4, -0.2) is 41.9 Å². The number of rotatable bonds is 8. The molecule has 2 N–H and O–H groups in total. The Morgan fingerprint density at radius 2 is 1.95 bits per heavy atom. The highest BCUT2D eigenvalue weighted by atomic mass is 35.5. The summed E-state index contributed by atoms with van der Waals surface area (Å²) in [4.78, 5) is 15.6. The van der Waals surface area contributed by atoms with Gasteiger partial charge in [-0.1, -0.05) is 17.7 Å². The number of halogens is 4. The normalized spacial score (nSPS) is 12.9. The second-order valence-electron chi connectivity index (χ2n) is 8.58. The molecule has 38 heavy (non-hydrogen) atoms. The molecule has 3 aromatic heterocycles. The van der Waals surface area contributed by atoms with E-state index in [9.17, 15) is 21.6 Å². The van der Waals surface area contributed by atoms with Crippen LogP contribution in [0.2, 0.25) is 5.02 Å². The van der Waals surface area contributed by atoms with E-state index in [1.807, 2.05) is 13.8 Å². The molecule has 0 amide bonds. The molecule has 0 saturated carbocycles. The van der Waals surface area contributed by atoms with Gasteiger partial charge in [-0.3, -0.25) is 14.7 Å². The number of benzene rings is 1. The molecular formula is C25H23ClF3N5O3S. The molecule has 13 heteroatoms. The fourth-order valence-corrected chi connectivity index (χ4v) is 4.93. The number of ether oxygens (including phenoxy) is 1. The fraction of sp³-hybridized carbons (Fsp3) is 0.240. The molecule has 0 fully saturated rings. The lowest BCUT2D eigenvalue weighted by Gasteiger charge is -2.16. The number of aromatic nitrogens is 3. The predicted octanol–water partition coefficient (Wildman–Crippen LogP) is 5.96. The first kappa shape index (κ1) is 27.6. The number of hydrogen-bond donors (Lipinski definition) is 2. The van der Waals surface area contributed by atoms with Crippen LogP contribution >= 0.6 is 11.6 Å². The first-order chi connectivity index (χ1) is 17.9. The van der Waals surface area contributed by atoms with Crippen LogP contribution in [0.1, 0.15) is 36.2 Å². The van der Waals surface area contributed by atoms with Gasteiger partial charge < -0.3 is 9.72 Å². The van der Waals surface area contributed by atoms with Gasteiger partial charge in [0.2, 0.25) is 0 Å². The molecule has 1 aromatic carbocycles. The summed E-state index contributed by atoms with van der Waals surface area (Å²) in [5.41, 5.74) is 0.285. The third-order valence-electron chi connectivity index (χ3n) is 5.49. The van der Waals surface area contributed by atoms with Gasteiger partial charge in [-0.25, -0.2) is 13.4 Å². The maximum atomic E-state index is 13.5. The van der Waals surface area contributed by atoms with Crippen LogP contribution in [-0.2, 0) is 20.9 Å². The van der Waals surface area contributed by atoms with Gasteiger partial charge in [0.25, 0.3) is 10.0 Å². The van der Waals surface area contributed by atoms with E-state index in [2.05, 4.69) is 24.7 Å². The zero-order chi connectivity index (χ0) is 27.7. The second kappa shape index (κ2) is 10.7. The molecule has 0 bridgehead atoms. The summed E-state index contributed by atoms with van der Waals surface area (Å²) in [7, 11) is -4.49. The maximum absolute atomic E-state index is 13.5. The molecule has 0 aliphatic rings. The minimum Gasteiger partial charge on any atom is -0.357 e. The Bertz CT molecular complexity index is 1620. The number of nitrogens with one attached hydrogen (secondary N) is 2. The molecule has 3 heterocycles. The van der Waals surface area contributed by atoms with Gasteiger partial charge in [-0.05, 0) is 56.7 Å². The van der Waals surface area contributed by atoms with E-state index in [1.165, 1.54) is 19.2 Å². The average molecular weight is 566 g/mol. The lowest BCUT2D eigenvalue weighted by molar-refractivity contribution is -0.138. The van der Waals surface area contributed by atoms with Crippen LogP contribution < -0.4 is 4.72 Å². The molecule has 0 aliphatic heterocycles. The molecule has 0 radical (unpaired) electrons. The average Bonchev–Trinajstić information content (AvgIpc) is 3.31. The van der Waals surface area contributed by atoms with Crippen LogP contribution in [0.25, 0.3) is 11.0 Å². The summed E-state index contributed by atoms with van der Waals surface area (Å²) in [6.45, 7) is 4.86. The van der Waals surface area contributed by atoms with Gasteiger partial charge >= 0.3 is 6.18 Å². The first-order valence-corrected chi connectivity index (χ1v) is 13.2. The summed E-state index contributed by atoms with van der Waals surface area (Å²) in [5.74, 6) is 0. The Hall–Kier alpha value is -3.48. The summed E-state index contributed by atoms with van der Waals surface area (Å²) >= 11 is 6.15. The third-order valence-corrected chi connectivity index (χ3v) is 7.06. The minimum absolute atomic E-state index is 0.0648. The van der Waals surface area contributed by atoms with Crippen molar-refractivity contribution in [3.05, 3.63) is 82.4 Å². The van der Waals surface area contributed by atoms with Crippen LogP contribution in [0.5, 0.6) is 0 Å². The maximum Gasteiger partial charge on any atom is 0.416 e. The molecule has 0 aliphatic carbocycles. The summed E-state index contributed by atoms with van der Waals surface area (Å²) in [6, 6.07) is 7.57. The second-order valence-corrected chi connectivity index (χ2v) is 10.7. The number of pyridine rings is 2. The Morgan fingerprint density at radius 1 is 1.18 bits per heavy atom. The van der Waals surface area contributed by atoms with Gasteiger partial charge in [-0.15, -0.1) is 0 Å². The van der Waals surface area contributed by atoms with Gasteiger partial charge in [0, 0.05) is 29.5 Å².